The fraction of sp³-hybridized carbons (Fsp3) is 0.300. The molecule has 0 amide bonds. The lowest BCUT2D eigenvalue weighted by Crippen LogP contribution is -2.10. The van der Waals surface area contributed by atoms with E-state index in [1.807, 2.05) is 0 Å². The Morgan fingerprint density at radius 2 is 1.76 bits per heavy atom. The summed E-state index contributed by atoms with van der Waals surface area (Å²) in [7, 11) is 2.77. The van der Waals surface area contributed by atoms with Crippen molar-refractivity contribution in [3.05, 3.63) is 45.5 Å². The normalized spacial score (nSPS) is 14.9. The summed E-state index contributed by atoms with van der Waals surface area (Å²) in [6, 6.07) is 2.92. The Morgan fingerprint density at radius 3 is 2.38 bits per heavy atom. The molecule has 0 saturated carbocycles. The van der Waals surface area contributed by atoms with Crippen molar-refractivity contribution >= 4 is 11.9 Å². The number of aromatic hydroxyl groups is 2. The summed E-state index contributed by atoms with van der Waals surface area (Å²) in [4.78, 5) is 24.5. The van der Waals surface area contributed by atoms with Crippen LogP contribution in [0.1, 0.15) is 49.3 Å². The van der Waals surface area contributed by atoms with Crippen molar-refractivity contribution in [1.29, 1.82) is 0 Å². The molecule has 9 heteroatoms. The SMILES string of the molecule is COc1cc(C)c(C(=O)OCc2c(OC)cc3c(c2O)C(=O)OC3O)c(O)c1C. The Labute approximate surface area is 166 Å². The highest BCUT2D eigenvalue weighted by Crippen LogP contribution is 2.42. The molecule has 1 atom stereocenters. The van der Waals surface area contributed by atoms with Crippen LogP contribution < -0.4 is 9.47 Å². The third-order valence-corrected chi connectivity index (χ3v) is 4.78. The van der Waals surface area contributed by atoms with Crippen molar-refractivity contribution in [2.24, 2.45) is 0 Å². The van der Waals surface area contributed by atoms with Crippen LogP contribution in [0.3, 0.4) is 0 Å². The number of aryl methyl sites for hydroxylation is 1. The third-order valence-electron chi connectivity index (χ3n) is 4.78. The zero-order valence-corrected chi connectivity index (χ0v) is 16.2. The number of carbonyl (C=O) groups excluding carboxylic acids is 2. The van der Waals surface area contributed by atoms with Gasteiger partial charge in [0.1, 0.15) is 40.7 Å². The lowest BCUT2D eigenvalue weighted by Gasteiger charge is -2.16. The number of carbonyl (C=O) groups is 2. The molecule has 3 rings (SSSR count). The Balaban J connectivity index is 1.93. The number of rotatable bonds is 5. The summed E-state index contributed by atoms with van der Waals surface area (Å²) >= 11 is 0. The highest BCUT2D eigenvalue weighted by molar-refractivity contribution is 5.98. The molecule has 154 valence electrons. The van der Waals surface area contributed by atoms with Crippen LogP contribution in [0.2, 0.25) is 0 Å². The van der Waals surface area contributed by atoms with Crippen LogP contribution in [0, 0.1) is 13.8 Å². The van der Waals surface area contributed by atoms with E-state index >= 15 is 0 Å². The fourth-order valence-electron chi connectivity index (χ4n) is 3.21. The quantitative estimate of drug-likeness (QED) is 0.642. The van der Waals surface area contributed by atoms with Crippen molar-refractivity contribution in [3.8, 4) is 23.0 Å². The molecular formula is C20H20O9. The van der Waals surface area contributed by atoms with E-state index in [9.17, 15) is 24.9 Å². The van der Waals surface area contributed by atoms with Crippen molar-refractivity contribution in [3.63, 3.8) is 0 Å². The molecule has 1 heterocycles. The average molecular weight is 404 g/mol. The molecule has 9 nitrogen and oxygen atoms in total. The van der Waals surface area contributed by atoms with Crippen molar-refractivity contribution in [2.45, 2.75) is 26.7 Å². The number of methoxy groups -OCH3 is 2. The molecular weight excluding hydrogens is 384 g/mol. The van der Waals surface area contributed by atoms with Crippen molar-refractivity contribution in [1.82, 2.24) is 0 Å². The van der Waals surface area contributed by atoms with Gasteiger partial charge in [-0.3, -0.25) is 0 Å². The Kier molecular flexibility index (Phi) is 5.25. The predicted octanol–water partition coefficient (Wildman–Crippen LogP) is 2.25. The van der Waals surface area contributed by atoms with Crippen LogP contribution in [0.15, 0.2) is 12.1 Å². The summed E-state index contributed by atoms with van der Waals surface area (Å²) in [6.45, 7) is 2.76. The highest BCUT2D eigenvalue weighted by Gasteiger charge is 2.36. The van der Waals surface area contributed by atoms with E-state index in [-0.39, 0.29) is 33.8 Å². The number of aliphatic hydroxyl groups is 1. The zero-order chi connectivity index (χ0) is 21.5. The number of fused-ring (bicyclic) bond motifs is 1. The maximum Gasteiger partial charge on any atom is 0.345 e. The van der Waals surface area contributed by atoms with Gasteiger partial charge in [-0.15, -0.1) is 0 Å². The van der Waals surface area contributed by atoms with Gasteiger partial charge in [-0.25, -0.2) is 9.59 Å². The van der Waals surface area contributed by atoms with Gasteiger partial charge in [-0.1, -0.05) is 0 Å². The largest absolute Gasteiger partial charge is 0.507 e. The van der Waals surface area contributed by atoms with E-state index in [0.717, 1.165) is 0 Å². The van der Waals surface area contributed by atoms with Gasteiger partial charge in [0.15, 0.2) is 0 Å². The van der Waals surface area contributed by atoms with Crippen LogP contribution in [0.4, 0.5) is 0 Å². The topological polar surface area (TPSA) is 132 Å². The summed E-state index contributed by atoms with van der Waals surface area (Å²) < 4.78 is 20.3. The minimum absolute atomic E-state index is 0.0213. The Hall–Kier alpha value is -3.46. The molecule has 0 bridgehead atoms. The first-order valence-corrected chi connectivity index (χ1v) is 8.57. The van der Waals surface area contributed by atoms with E-state index in [0.29, 0.717) is 16.9 Å². The first kappa shape index (κ1) is 20.3. The average Bonchev–Trinajstić information content (AvgIpc) is 2.97. The zero-order valence-electron chi connectivity index (χ0n) is 16.2. The summed E-state index contributed by atoms with van der Waals surface area (Å²) in [5.41, 5.74) is 0.625. The minimum atomic E-state index is -1.52. The van der Waals surface area contributed by atoms with Gasteiger partial charge in [0.2, 0.25) is 6.29 Å². The van der Waals surface area contributed by atoms with E-state index in [2.05, 4.69) is 4.74 Å². The third kappa shape index (κ3) is 3.29. The standard InChI is InChI=1S/C20H20O9/c1-8-5-12(26-3)9(2)16(21)14(8)19(24)28-7-11-13(27-4)6-10-15(17(11)22)20(25)29-18(10)23/h5-6,18,21-23H,7H2,1-4H3. The maximum absolute atomic E-state index is 12.6. The first-order valence-electron chi connectivity index (χ1n) is 8.57. The van der Waals surface area contributed by atoms with E-state index in [4.69, 9.17) is 14.2 Å². The molecule has 2 aromatic carbocycles. The summed E-state index contributed by atoms with van der Waals surface area (Å²) in [6.07, 6.45) is -1.52. The second kappa shape index (κ2) is 7.51. The molecule has 0 aliphatic carbocycles. The summed E-state index contributed by atoms with van der Waals surface area (Å²) in [5, 5.41) is 30.6. The number of ether oxygens (including phenoxy) is 4. The first-order chi connectivity index (χ1) is 13.7. The van der Waals surface area contributed by atoms with Crippen molar-refractivity contribution < 1.29 is 43.9 Å². The van der Waals surface area contributed by atoms with Gasteiger partial charge in [-0.2, -0.15) is 0 Å². The molecule has 0 radical (unpaired) electrons. The number of benzene rings is 2. The molecule has 1 aliphatic heterocycles. The van der Waals surface area contributed by atoms with Gasteiger partial charge >= 0.3 is 11.9 Å². The molecule has 29 heavy (non-hydrogen) atoms. The smallest absolute Gasteiger partial charge is 0.345 e. The minimum Gasteiger partial charge on any atom is -0.507 e. The predicted molar refractivity (Wildman–Crippen MR) is 98.3 cm³/mol. The molecule has 0 fully saturated rings. The van der Waals surface area contributed by atoms with Crippen molar-refractivity contribution in [2.75, 3.05) is 14.2 Å². The second-order valence-electron chi connectivity index (χ2n) is 6.45. The number of phenols is 2. The van der Waals surface area contributed by atoms with Crippen LogP contribution in [0.25, 0.3) is 0 Å². The van der Waals surface area contributed by atoms with Gasteiger partial charge < -0.3 is 34.3 Å². The molecule has 1 unspecified atom stereocenters. The molecule has 0 saturated heterocycles. The van der Waals surface area contributed by atoms with Gasteiger partial charge in [0, 0.05) is 11.1 Å². The number of aliphatic hydroxyl groups excluding tert-OH is 1. The Morgan fingerprint density at radius 1 is 1.10 bits per heavy atom. The van der Waals surface area contributed by atoms with E-state index in [1.54, 1.807) is 19.9 Å². The van der Waals surface area contributed by atoms with Crippen LogP contribution in [-0.4, -0.2) is 41.5 Å². The monoisotopic (exact) mass is 404 g/mol. The van der Waals surface area contributed by atoms with Gasteiger partial charge in [0.05, 0.1) is 19.8 Å². The molecule has 0 spiro atoms. The summed E-state index contributed by atoms with van der Waals surface area (Å²) in [5.74, 6) is -2.01. The highest BCUT2D eigenvalue weighted by atomic mass is 16.6. The fourth-order valence-corrected chi connectivity index (χ4v) is 3.21. The van der Waals surface area contributed by atoms with Gasteiger partial charge in [0.25, 0.3) is 0 Å². The molecule has 0 aromatic heterocycles. The molecule has 1 aliphatic rings. The lowest BCUT2D eigenvalue weighted by atomic mass is 10.0. The van der Waals surface area contributed by atoms with Crippen LogP contribution >= 0.6 is 0 Å². The van der Waals surface area contributed by atoms with E-state index in [1.165, 1.54) is 20.3 Å². The Bertz CT molecular complexity index is 1010. The van der Waals surface area contributed by atoms with Gasteiger partial charge in [-0.05, 0) is 31.5 Å². The number of hydrogen-bond donors (Lipinski definition) is 3. The van der Waals surface area contributed by atoms with E-state index < -0.39 is 30.6 Å². The van der Waals surface area contributed by atoms with Crippen LogP contribution in [0.5, 0.6) is 23.0 Å². The number of cyclic esters (lactones) is 1. The molecule has 2 aromatic rings. The lowest BCUT2D eigenvalue weighted by molar-refractivity contribution is -0.0548. The van der Waals surface area contributed by atoms with Crippen LogP contribution in [-0.2, 0) is 16.1 Å². The second-order valence-corrected chi connectivity index (χ2v) is 6.45. The maximum atomic E-state index is 12.6. The number of phenolic OH excluding ortho intramolecular Hbond substituents is 2. The number of hydrogen-bond acceptors (Lipinski definition) is 9. The number of esters is 2. The molecule has 3 N–H and O–H groups in total.